The van der Waals surface area contributed by atoms with Crippen molar-refractivity contribution in [3.05, 3.63) is 40.5 Å². The highest BCUT2D eigenvalue weighted by Gasteiger charge is 2.14. The third-order valence-electron chi connectivity index (χ3n) is 3.07. The van der Waals surface area contributed by atoms with Crippen molar-refractivity contribution in [2.75, 3.05) is 14.2 Å². The molecule has 7 heteroatoms. The minimum absolute atomic E-state index is 0.387. The highest BCUT2D eigenvalue weighted by atomic mass is 16.6. The molecular weight excluding hydrogens is 336 g/mol. The summed E-state index contributed by atoms with van der Waals surface area (Å²) in [6, 6.07) is 3.40. The number of benzene rings is 1. The first-order chi connectivity index (χ1) is 11.9. The lowest BCUT2D eigenvalue weighted by Gasteiger charge is -2.18. The van der Waals surface area contributed by atoms with E-state index in [1.54, 1.807) is 18.2 Å². The number of hydrogen-bond acceptors (Lipinski definition) is 5. The smallest absolute Gasteiger partial charge is 0.407 e. The average molecular weight is 364 g/mol. The van der Waals surface area contributed by atoms with E-state index in [0.29, 0.717) is 5.56 Å². The lowest BCUT2D eigenvalue weighted by atomic mass is 9.98. The molecule has 0 spiro atoms. The predicted octanol–water partition coefficient (Wildman–Crippen LogP) is 2.73. The highest BCUT2D eigenvalue weighted by molar-refractivity contribution is 5.94. The molecule has 0 aromatic heterocycles. The van der Waals surface area contributed by atoms with E-state index in [2.05, 4.69) is 10.1 Å². The van der Waals surface area contributed by atoms with Crippen molar-refractivity contribution in [1.82, 2.24) is 5.32 Å². The van der Waals surface area contributed by atoms with Crippen LogP contribution in [-0.2, 0) is 14.3 Å². The number of amides is 2. The second-order valence-electron chi connectivity index (χ2n) is 6.50. The fourth-order valence-corrected chi connectivity index (χ4v) is 1.93. The number of esters is 1. The van der Waals surface area contributed by atoms with E-state index < -0.39 is 11.9 Å². The van der Waals surface area contributed by atoms with Crippen molar-refractivity contribution in [3.63, 3.8) is 0 Å². The second-order valence-corrected chi connectivity index (χ2v) is 6.50. The highest BCUT2D eigenvalue weighted by Crippen LogP contribution is 2.18. The summed E-state index contributed by atoms with van der Waals surface area (Å²) in [4.78, 5) is 32.6. The first kappa shape index (κ1) is 23.2. The Morgan fingerprint density at radius 2 is 1.62 bits per heavy atom. The number of hydrogen-bond donors (Lipinski definition) is 2. The number of carbonyl (C=O) groups excluding carboxylic acids is 3. The number of rotatable bonds is 3. The molecule has 0 aliphatic rings. The number of ether oxygens (including phenoxy) is 2. The second kappa shape index (κ2) is 10.2. The van der Waals surface area contributed by atoms with Gasteiger partial charge in [0.25, 0.3) is 0 Å². The SMILES string of the molecule is CNC(=O)OC(C)(C)C.COC(=O)/C=C/c1c(C)cc(C(N)=O)cc1C. The molecule has 1 rings (SSSR count). The quantitative estimate of drug-likeness (QED) is 0.633. The number of alkyl carbamates (subject to hydrolysis) is 1. The maximum absolute atomic E-state index is 11.1. The third kappa shape index (κ3) is 8.86. The van der Waals surface area contributed by atoms with Crippen LogP contribution in [0.5, 0.6) is 0 Å². The van der Waals surface area contributed by atoms with Gasteiger partial charge in [-0.3, -0.25) is 4.79 Å². The van der Waals surface area contributed by atoms with Crippen LogP contribution >= 0.6 is 0 Å². The van der Waals surface area contributed by atoms with Gasteiger partial charge in [-0.15, -0.1) is 0 Å². The van der Waals surface area contributed by atoms with E-state index in [1.807, 2.05) is 34.6 Å². The van der Waals surface area contributed by atoms with E-state index in [-0.39, 0.29) is 11.7 Å². The summed E-state index contributed by atoms with van der Waals surface area (Å²) in [7, 11) is 2.86. The van der Waals surface area contributed by atoms with Crippen molar-refractivity contribution < 1.29 is 23.9 Å². The molecule has 0 aliphatic heterocycles. The van der Waals surface area contributed by atoms with Crippen LogP contribution in [0.15, 0.2) is 18.2 Å². The Balaban J connectivity index is 0.000000590. The van der Waals surface area contributed by atoms with Gasteiger partial charge in [-0.1, -0.05) is 0 Å². The normalized spacial score (nSPS) is 10.6. The van der Waals surface area contributed by atoms with Crippen LogP contribution in [0.4, 0.5) is 4.79 Å². The maximum Gasteiger partial charge on any atom is 0.407 e. The van der Waals surface area contributed by atoms with E-state index in [0.717, 1.165) is 16.7 Å². The van der Waals surface area contributed by atoms with Crippen molar-refractivity contribution in [3.8, 4) is 0 Å². The monoisotopic (exact) mass is 364 g/mol. The van der Waals surface area contributed by atoms with Crippen LogP contribution < -0.4 is 11.1 Å². The minimum Gasteiger partial charge on any atom is -0.466 e. The third-order valence-corrected chi connectivity index (χ3v) is 3.07. The molecule has 7 nitrogen and oxygen atoms in total. The van der Waals surface area contributed by atoms with Gasteiger partial charge < -0.3 is 20.5 Å². The first-order valence-electron chi connectivity index (χ1n) is 7.99. The van der Waals surface area contributed by atoms with Crippen LogP contribution in [0.2, 0.25) is 0 Å². The summed E-state index contributed by atoms with van der Waals surface area (Å²) in [5.41, 5.74) is 7.96. The molecule has 0 radical (unpaired) electrons. The largest absolute Gasteiger partial charge is 0.466 e. The van der Waals surface area contributed by atoms with Crippen LogP contribution in [0, 0.1) is 13.8 Å². The topological polar surface area (TPSA) is 108 Å². The van der Waals surface area contributed by atoms with Gasteiger partial charge in [-0.25, -0.2) is 9.59 Å². The van der Waals surface area contributed by atoms with Crippen LogP contribution in [0.1, 0.15) is 47.8 Å². The fourth-order valence-electron chi connectivity index (χ4n) is 1.93. The van der Waals surface area contributed by atoms with Gasteiger partial charge in [0.05, 0.1) is 7.11 Å². The molecule has 144 valence electrons. The summed E-state index contributed by atoms with van der Waals surface area (Å²) in [6.45, 7) is 9.18. The Hall–Kier alpha value is -2.83. The zero-order valence-corrected chi connectivity index (χ0v) is 16.4. The Morgan fingerprint density at radius 3 is 1.92 bits per heavy atom. The van der Waals surface area contributed by atoms with Crippen LogP contribution in [0.3, 0.4) is 0 Å². The minimum atomic E-state index is -0.459. The Bertz CT molecular complexity index is 665. The molecule has 0 bridgehead atoms. The van der Waals surface area contributed by atoms with Crippen molar-refractivity contribution in [2.45, 2.75) is 40.2 Å². The molecule has 1 aromatic rings. The van der Waals surface area contributed by atoms with Crippen molar-refractivity contribution in [2.24, 2.45) is 5.73 Å². The van der Waals surface area contributed by atoms with Crippen molar-refractivity contribution >= 4 is 24.0 Å². The lowest BCUT2D eigenvalue weighted by molar-refractivity contribution is -0.134. The predicted molar refractivity (Wildman–Crippen MR) is 101 cm³/mol. The van der Waals surface area contributed by atoms with Crippen molar-refractivity contribution in [1.29, 1.82) is 0 Å². The molecular formula is C19H28N2O5. The molecule has 0 unspecified atom stereocenters. The van der Waals surface area contributed by atoms with Gasteiger partial charge in [0.1, 0.15) is 5.60 Å². The first-order valence-corrected chi connectivity index (χ1v) is 7.99. The zero-order chi connectivity index (χ0) is 20.5. The Labute approximate surface area is 154 Å². The van der Waals surface area contributed by atoms with Gasteiger partial charge in [0.15, 0.2) is 0 Å². The van der Waals surface area contributed by atoms with E-state index in [4.69, 9.17) is 10.5 Å². The zero-order valence-electron chi connectivity index (χ0n) is 16.4. The average Bonchev–Trinajstić information content (AvgIpc) is 2.52. The molecule has 1 aromatic carbocycles. The lowest BCUT2D eigenvalue weighted by Crippen LogP contribution is -2.30. The van der Waals surface area contributed by atoms with E-state index in [1.165, 1.54) is 20.2 Å². The Kier molecular flexibility index (Phi) is 9.11. The van der Waals surface area contributed by atoms with Gasteiger partial charge in [0.2, 0.25) is 5.91 Å². The number of aryl methyl sites for hydroxylation is 2. The van der Waals surface area contributed by atoms with Gasteiger partial charge in [-0.2, -0.15) is 0 Å². The summed E-state index contributed by atoms with van der Waals surface area (Å²) < 4.78 is 9.35. The number of methoxy groups -OCH3 is 1. The summed E-state index contributed by atoms with van der Waals surface area (Å²) >= 11 is 0. The molecule has 0 saturated carbocycles. The van der Waals surface area contributed by atoms with Crippen LogP contribution in [-0.4, -0.2) is 37.7 Å². The number of carbonyl (C=O) groups is 3. The summed E-state index contributed by atoms with van der Waals surface area (Å²) in [5, 5.41) is 2.36. The molecule has 3 N–H and O–H groups in total. The summed E-state index contributed by atoms with van der Waals surface area (Å²) in [5.74, 6) is -0.873. The van der Waals surface area contributed by atoms with Gasteiger partial charge in [-0.05, 0) is 69.5 Å². The standard InChI is InChI=1S/C13H15NO3.C6H13NO2/c1-8-6-10(13(14)16)7-9(2)11(8)4-5-12(15)17-3;1-6(2,3)9-5(8)7-4/h4-7H,1-3H3,(H2,14,16);1-4H3,(H,7,8)/b5-4+;. The molecule has 0 atom stereocenters. The fraction of sp³-hybridized carbons (Fsp3) is 0.421. The summed E-state index contributed by atoms with van der Waals surface area (Å²) in [6.07, 6.45) is 2.63. The van der Waals surface area contributed by atoms with E-state index in [9.17, 15) is 14.4 Å². The van der Waals surface area contributed by atoms with E-state index >= 15 is 0 Å². The van der Waals surface area contributed by atoms with Crippen LogP contribution in [0.25, 0.3) is 6.08 Å². The number of nitrogens with one attached hydrogen (secondary N) is 1. The molecule has 0 saturated heterocycles. The number of primary amides is 1. The Morgan fingerprint density at radius 1 is 1.12 bits per heavy atom. The number of nitrogens with two attached hydrogens (primary N) is 1. The molecule has 26 heavy (non-hydrogen) atoms. The molecule has 2 amide bonds. The molecule has 0 aliphatic carbocycles. The molecule has 0 fully saturated rings. The molecule has 0 heterocycles. The van der Waals surface area contributed by atoms with Gasteiger partial charge in [0, 0.05) is 18.7 Å². The van der Waals surface area contributed by atoms with Gasteiger partial charge >= 0.3 is 12.1 Å². The maximum atomic E-state index is 11.1.